The number of benzene rings is 4. The molecule has 10 heterocycles. The van der Waals surface area contributed by atoms with Crippen molar-refractivity contribution in [1.82, 2.24) is 0 Å². The van der Waals surface area contributed by atoms with Gasteiger partial charge in [0.05, 0.1) is 0 Å². The Balaban J connectivity index is 1.17. The summed E-state index contributed by atoms with van der Waals surface area (Å²) in [6, 6.07) is 48.3. The van der Waals surface area contributed by atoms with Crippen molar-refractivity contribution in [2.45, 2.75) is 35.2 Å². The molecule has 0 amide bonds. The molecule has 0 aliphatic carbocycles. The second kappa shape index (κ2) is 2.83. The Kier molecular flexibility index (Phi) is 1.38. The molecule has 0 bridgehead atoms. The Hall–Kier alpha value is -1.39. The molecule has 178 valence electrons. The summed E-state index contributed by atoms with van der Waals surface area (Å²) in [5.74, 6) is 0. The zero-order chi connectivity index (χ0) is 23.5. The molecule has 4 aromatic rings. The number of fused-ring (bicyclic) bond motifs is 10. The minimum absolute atomic E-state index is 0.297. The van der Waals surface area contributed by atoms with Crippen LogP contribution in [0.15, 0.2) is 121 Å². The molecule has 4 unspecified atom stereocenters. The zero-order valence-electron chi connectivity index (χ0n) is 20.6. The summed E-state index contributed by atoms with van der Waals surface area (Å²) < 4.78 is 12.1. The topological polar surface area (TPSA) is 0 Å². The van der Waals surface area contributed by atoms with Crippen molar-refractivity contribution in [3.05, 3.63) is 121 Å². The number of hydrogen-bond acceptors (Lipinski definition) is 0. The van der Waals surface area contributed by atoms with Crippen molar-refractivity contribution in [3.63, 3.8) is 0 Å². The van der Waals surface area contributed by atoms with Crippen LogP contribution >= 0.6 is 15.8 Å². The van der Waals surface area contributed by atoms with Crippen LogP contribution in [0.5, 0.6) is 0 Å². The Morgan fingerprint density at radius 3 is 0.865 bits per heavy atom. The van der Waals surface area contributed by atoms with Crippen LogP contribution in [0.4, 0.5) is 0 Å². The fraction of sp³-hybridized carbons (Fsp3) is 0.294. The van der Waals surface area contributed by atoms with Gasteiger partial charge in [0.2, 0.25) is 0 Å². The standard InChI is InChI=1S/C29H23P2.C5H5.Hf/c1-5-14-24(15-6-1)30(25-16-7-2-8-17-25)28-22-13-23-29(28)31(26-18-9-3-10-19-26)27-20-11-4-12-21-27;1-2-4-5-3-1;/h1-23H;1-5H;. The second-order valence-corrected chi connectivity index (χ2v) is 102. The van der Waals surface area contributed by atoms with E-state index in [1.807, 2.05) is 0 Å². The number of rotatable bonds is 6. The molecular weight excluding hydrogens is 649 g/mol. The van der Waals surface area contributed by atoms with E-state index in [1.54, 1.807) is 21.2 Å². The molecule has 4 aromatic carbocycles. The normalized spacial score (nSPS) is 63.1. The summed E-state index contributed by atoms with van der Waals surface area (Å²) in [7, 11) is -0.593. The van der Waals surface area contributed by atoms with Crippen LogP contribution in [0.2, 0.25) is 29.4 Å². The van der Waals surface area contributed by atoms with Gasteiger partial charge in [0, 0.05) is 0 Å². The van der Waals surface area contributed by atoms with Gasteiger partial charge in [-0.25, -0.2) is 0 Å². The molecule has 0 N–H and O–H groups in total. The molecule has 0 aromatic heterocycles. The third kappa shape index (κ3) is 0.451. The van der Waals surface area contributed by atoms with Crippen molar-refractivity contribution in [1.29, 1.82) is 0 Å². The Morgan fingerprint density at radius 1 is 0.378 bits per heavy atom. The summed E-state index contributed by atoms with van der Waals surface area (Å²) in [5, 5.41) is 6.90. The molecular formula is C34H28HfP2. The number of hydrogen-bond donors (Lipinski definition) is 0. The van der Waals surface area contributed by atoms with Crippen molar-refractivity contribution < 1.29 is 11.2 Å². The van der Waals surface area contributed by atoms with Crippen LogP contribution in [0.1, 0.15) is 0 Å². The first-order valence-corrected chi connectivity index (χ1v) is 37.8. The molecule has 37 heavy (non-hydrogen) atoms. The van der Waals surface area contributed by atoms with Gasteiger partial charge in [-0.1, -0.05) is 0 Å². The fourth-order valence-corrected chi connectivity index (χ4v) is 490. The molecule has 0 radical (unpaired) electrons. The van der Waals surface area contributed by atoms with E-state index in [-0.39, 0.29) is 15.8 Å². The van der Waals surface area contributed by atoms with Crippen LogP contribution in [0.25, 0.3) is 0 Å². The average molecular weight is 677 g/mol. The maximum atomic E-state index is 2.55. The molecule has 10 saturated heterocycles. The molecule has 3 heteroatoms. The molecule has 4 atom stereocenters. The van der Waals surface area contributed by atoms with Gasteiger partial charge in [0.15, 0.2) is 0 Å². The van der Waals surface area contributed by atoms with E-state index < -0.39 is 11.2 Å². The van der Waals surface area contributed by atoms with Crippen LogP contribution in [-0.2, 0) is 11.2 Å². The van der Waals surface area contributed by atoms with E-state index >= 15 is 0 Å². The van der Waals surface area contributed by atoms with Gasteiger partial charge in [-0.15, -0.1) is 0 Å². The predicted octanol–water partition coefficient (Wildman–Crippen LogP) is 7.46. The Bertz CT molecular complexity index is 1900. The molecule has 1 spiro atoms. The van der Waals surface area contributed by atoms with Gasteiger partial charge in [0.25, 0.3) is 0 Å². The van der Waals surface area contributed by atoms with Gasteiger partial charge in [-0.2, -0.15) is 0 Å². The summed E-state index contributed by atoms with van der Waals surface area (Å²) in [4.78, 5) is 0. The van der Waals surface area contributed by atoms with E-state index in [1.165, 1.54) is 29.4 Å². The zero-order valence-corrected chi connectivity index (χ0v) is 25.9. The van der Waals surface area contributed by atoms with Crippen LogP contribution in [-0.4, -0.2) is 5.83 Å². The maximum absolute atomic E-state index is 4.53. The molecule has 0 nitrogen and oxygen atoms in total. The van der Waals surface area contributed by atoms with Gasteiger partial charge < -0.3 is 0 Å². The molecule has 0 saturated carbocycles. The summed E-state index contributed by atoms with van der Waals surface area (Å²) in [6.45, 7) is 0. The first-order chi connectivity index (χ1) is 18.1. The van der Waals surface area contributed by atoms with Crippen molar-refractivity contribution in [2.24, 2.45) is 0 Å². The van der Waals surface area contributed by atoms with Gasteiger partial charge >= 0.3 is 205 Å². The average Bonchev–Trinajstić information content (AvgIpc) is 3.92. The second-order valence-electron chi connectivity index (χ2n) is 18.8. The predicted molar refractivity (Wildman–Crippen MR) is 154 cm³/mol. The van der Waals surface area contributed by atoms with Crippen molar-refractivity contribution in [2.75, 3.05) is 0 Å². The quantitative estimate of drug-likeness (QED) is 0.147. The third-order valence-corrected chi connectivity index (χ3v) is 194. The van der Waals surface area contributed by atoms with E-state index in [9.17, 15) is 0 Å². The SMILES string of the molecule is c1ccc(P(c2ccccc2)[C]23[CH]4[CH]5[CH]6[C]2(P(c2ccccc2)c2ccccc2)[Hf]54632789[CH]3[CH]2[CH]7[CH]8[CH]39)cc1. The fourth-order valence-electron chi connectivity index (χ4n) is 28.9. The van der Waals surface area contributed by atoms with E-state index in [0.29, 0.717) is 0 Å². The summed E-state index contributed by atoms with van der Waals surface area (Å²) in [6.07, 6.45) is 0. The Morgan fingerprint density at radius 2 is 0.649 bits per heavy atom. The van der Waals surface area contributed by atoms with Crippen LogP contribution < -0.4 is 21.2 Å². The van der Waals surface area contributed by atoms with Gasteiger partial charge in [-0.05, 0) is 0 Å². The Labute approximate surface area is 203 Å². The third-order valence-electron chi connectivity index (χ3n) is 25.0. The van der Waals surface area contributed by atoms with E-state index in [2.05, 4.69) is 121 Å². The molecule has 14 rings (SSSR count). The van der Waals surface area contributed by atoms with Crippen molar-refractivity contribution in [3.8, 4) is 0 Å². The summed E-state index contributed by atoms with van der Waals surface area (Å²) >= 11 is -4.53. The first-order valence-electron chi connectivity index (χ1n) is 15.0. The van der Waals surface area contributed by atoms with Crippen LogP contribution in [0, 0.1) is 0 Å². The van der Waals surface area contributed by atoms with Gasteiger partial charge in [0.1, 0.15) is 0 Å². The molecule has 10 aliphatic rings. The minimum atomic E-state index is -4.53. The van der Waals surface area contributed by atoms with Crippen LogP contribution in [0.3, 0.4) is 0 Å². The van der Waals surface area contributed by atoms with Crippen molar-refractivity contribution >= 4 is 37.1 Å². The first kappa shape index (κ1) is 18.1. The summed E-state index contributed by atoms with van der Waals surface area (Å²) in [5.41, 5.74) is 0. The monoisotopic (exact) mass is 678 g/mol. The van der Waals surface area contributed by atoms with E-state index in [4.69, 9.17) is 0 Å². The molecule has 10 fully saturated rings. The van der Waals surface area contributed by atoms with Gasteiger partial charge in [-0.3, -0.25) is 0 Å². The van der Waals surface area contributed by atoms with E-state index in [0.717, 1.165) is 5.83 Å². The molecule has 10 aliphatic heterocycles.